The molecule has 0 aliphatic rings. The first kappa shape index (κ1) is 7.79. The number of allylic oxidation sites excluding steroid dienone is 1. The molecule has 0 N–H and O–H groups in total. The average molecular weight is 149 g/mol. The molecule has 0 atom stereocenters. The van der Waals surface area contributed by atoms with Crippen LogP contribution in [0.1, 0.15) is 11.5 Å². The molecule has 1 aromatic rings. The molecule has 0 saturated carbocycles. The van der Waals surface area contributed by atoms with Gasteiger partial charge < -0.3 is 4.42 Å². The maximum absolute atomic E-state index is 5.26. The fraction of sp³-hybridized carbons (Fsp3) is 0.222. The summed E-state index contributed by atoms with van der Waals surface area (Å²) in [6.07, 6.45) is 3.29. The fourth-order valence-electron chi connectivity index (χ4n) is 0.879. The van der Waals surface area contributed by atoms with Gasteiger partial charge in [0.25, 0.3) is 0 Å². The Hall–Kier alpha value is -1.31. The third-order valence-electron chi connectivity index (χ3n) is 1.33. The zero-order valence-corrected chi connectivity index (χ0v) is 6.79. The van der Waals surface area contributed by atoms with Crippen LogP contribution in [0, 0.1) is 13.8 Å². The SMILES string of the molecule is C=CC=Nc1cc(C)oc1C. The number of furan rings is 1. The van der Waals surface area contributed by atoms with E-state index < -0.39 is 0 Å². The normalized spacial score (nSPS) is 10.7. The first-order chi connectivity index (χ1) is 5.24. The van der Waals surface area contributed by atoms with E-state index in [2.05, 4.69) is 11.6 Å². The molecule has 0 aromatic carbocycles. The van der Waals surface area contributed by atoms with E-state index in [9.17, 15) is 0 Å². The minimum absolute atomic E-state index is 0.848. The fourth-order valence-corrected chi connectivity index (χ4v) is 0.879. The van der Waals surface area contributed by atoms with Crippen LogP contribution in [0.2, 0.25) is 0 Å². The van der Waals surface area contributed by atoms with E-state index in [4.69, 9.17) is 4.42 Å². The standard InChI is InChI=1S/C9H11NO/c1-4-5-10-9-6-7(2)11-8(9)3/h4-6H,1H2,2-3H3. The van der Waals surface area contributed by atoms with Gasteiger partial charge in [0, 0.05) is 12.3 Å². The quantitative estimate of drug-likeness (QED) is 0.593. The van der Waals surface area contributed by atoms with Crippen LogP contribution < -0.4 is 0 Å². The van der Waals surface area contributed by atoms with Crippen LogP contribution in [0.15, 0.2) is 28.1 Å². The van der Waals surface area contributed by atoms with Gasteiger partial charge in [-0.25, -0.2) is 0 Å². The number of aliphatic imine (C=N–C) groups is 1. The highest BCUT2D eigenvalue weighted by Gasteiger charge is 2.00. The van der Waals surface area contributed by atoms with Crippen molar-refractivity contribution < 1.29 is 4.42 Å². The second-order valence-electron chi connectivity index (χ2n) is 2.31. The van der Waals surface area contributed by atoms with Gasteiger partial charge in [-0.3, -0.25) is 4.99 Å². The summed E-state index contributed by atoms with van der Waals surface area (Å²) in [6, 6.07) is 1.90. The summed E-state index contributed by atoms with van der Waals surface area (Å²) < 4.78 is 5.26. The van der Waals surface area contributed by atoms with Crippen molar-refractivity contribution in [3.63, 3.8) is 0 Å². The van der Waals surface area contributed by atoms with Crippen molar-refractivity contribution in [1.29, 1.82) is 0 Å². The highest BCUT2D eigenvalue weighted by molar-refractivity contribution is 5.74. The monoisotopic (exact) mass is 149 g/mol. The molecule has 1 aromatic heterocycles. The van der Waals surface area contributed by atoms with Crippen molar-refractivity contribution in [3.8, 4) is 0 Å². The van der Waals surface area contributed by atoms with Crippen LogP contribution in [0.3, 0.4) is 0 Å². The third kappa shape index (κ3) is 1.80. The molecule has 2 heteroatoms. The number of nitrogens with zero attached hydrogens (tertiary/aromatic N) is 1. The van der Waals surface area contributed by atoms with Gasteiger partial charge in [-0.15, -0.1) is 0 Å². The lowest BCUT2D eigenvalue weighted by atomic mass is 10.4. The molecule has 0 bridgehead atoms. The van der Waals surface area contributed by atoms with Crippen molar-refractivity contribution in [2.45, 2.75) is 13.8 Å². The molecule has 0 spiro atoms. The van der Waals surface area contributed by atoms with Crippen LogP contribution in [0.25, 0.3) is 0 Å². The van der Waals surface area contributed by atoms with Crippen molar-refractivity contribution >= 4 is 11.9 Å². The highest BCUT2D eigenvalue weighted by atomic mass is 16.3. The number of hydrogen-bond acceptors (Lipinski definition) is 2. The molecule has 0 aliphatic carbocycles. The first-order valence-electron chi connectivity index (χ1n) is 3.46. The molecule has 58 valence electrons. The van der Waals surface area contributed by atoms with Gasteiger partial charge in [0.2, 0.25) is 0 Å². The van der Waals surface area contributed by atoms with Gasteiger partial charge in [-0.05, 0) is 13.8 Å². The van der Waals surface area contributed by atoms with Crippen LogP contribution in [-0.2, 0) is 0 Å². The van der Waals surface area contributed by atoms with E-state index >= 15 is 0 Å². The van der Waals surface area contributed by atoms with Gasteiger partial charge in [-0.1, -0.05) is 12.7 Å². The molecule has 11 heavy (non-hydrogen) atoms. The Bertz CT molecular complexity index is 284. The molecular formula is C9H11NO. The zero-order chi connectivity index (χ0) is 8.27. The predicted octanol–water partition coefficient (Wildman–Crippen LogP) is 2.78. The lowest BCUT2D eigenvalue weighted by molar-refractivity contribution is 0.505. The molecular weight excluding hydrogens is 138 g/mol. The summed E-state index contributed by atoms with van der Waals surface area (Å²) in [5.74, 6) is 1.74. The maximum atomic E-state index is 5.26. The van der Waals surface area contributed by atoms with Gasteiger partial charge in [0.1, 0.15) is 17.2 Å². The predicted molar refractivity (Wildman–Crippen MR) is 46.5 cm³/mol. The molecule has 0 unspecified atom stereocenters. The van der Waals surface area contributed by atoms with E-state index in [1.165, 1.54) is 0 Å². The van der Waals surface area contributed by atoms with Gasteiger partial charge in [0.05, 0.1) is 0 Å². The maximum Gasteiger partial charge on any atom is 0.126 e. The largest absolute Gasteiger partial charge is 0.464 e. The summed E-state index contributed by atoms with van der Waals surface area (Å²) in [5, 5.41) is 0. The minimum Gasteiger partial charge on any atom is -0.464 e. The molecule has 0 radical (unpaired) electrons. The Morgan fingerprint density at radius 3 is 2.73 bits per heavy atom. The zero-order valence-electron chi connectivity index (χ0n) is 6.79. The lowest BCUT2D eigenvalue weighted by Gasteiger charge is -1.84. The lowest BCUT2D eigenvalue weighted by Crippen LogP contribution is -1.63. The Morgan fingerprint density at radius 2 is 2.27 bits per heavy atom. The second-order valence-corrected chi connectivity index (χ2v) is 2.31. The molecule has 0 amide bonds. The van der Waals surface area contributed by atoms with Crippen molar-refractivity contribution in [1.82, 2.24) is 0 Å². The topological polar surface area (TPSA) is 25.5 Å². The summed E-state index contributed by atoms with van der Waals surface area (Å²) >= 11 is 0. The third-order valence-corrected chi connectivity index (χ3v) is 1.33. The summed E-state index contributed by atoms with van der Waals surface area (Å²) in [4.78, 5) is 4.11. The molecule has 2 nitrogen and oxygen atoms in total. The van der Waals surface area contributed by atoms with Crippen LogP contribution >= 0.6 is 0 Å². The molecule has 1 heterocycles. The van der Waals surface area contributed by atoms with E-state index in [1.807, 2.05) is 19.9 Å². The second kappa shape index (κ2) is 3.19. The Labute approximate surface area is 66.3 Å². The number of aryl methyl sites for hydroxylation is 2. The van der Waals surface area contributed by atoms with Crippen molar-refractivity contribution in [2.24, 2.45) is 4.99 Å². The van der Waals surface area contributed by atoms with Crippen molar-refractivity contribution in [2.75, 3.05) is 0 Å². The summed E-state index contributed by atoms with van der Waals surface area (Å²) in [5.41, 5.74) is 0.877. The smallest absolute Gasteiger partial charge is 0.126 e. The summed E-state index contributed by atoms with van der Waals surface area (Å²) in [7, 11) is 0. The van der Waals surface area contributed by atoms with Gasteiger partial charge in [0.15, 0.2) is 0 Å². The van der Waals surface area contributed by atoms with Gasteiger partial charge in [-0.2, -0.15) is 0 Å². The van der Waals surface area contributed by atoms with Crippen LogP contribution in [0.5, 0.6) is 0 Å². The first-order valence-corrected chi connectivity index (χ1v) is 3.46. The van der Waals surface area contributed by atoms with E-state index in [0.717, 1.165) is 17.2 Å². The summed E-state index contributed by atoms with van der Waals surface area (Å²) in [6.45, 7) is 7.33. The molecule has 0 aliphatic heterocycles. The van der Waals surface area contributed by atoms with Gasteiger partial charge >= 0.3 is 0 Å². The minimum atomic E-state index is 0.848. The molecule has 0 saturated heterocycles. The van der Waals surface area contributed by atoms with E-state index in [1.54, 1.807) is 12.3 Å². The number of hydrogen-bond donors (Lipinski definition) is 0. The Balaban J connectivity index is 2.93. The highest BCUT2D eigenvalue weighted by Crippen LogP contribution is 2.21. The van der Waals surface area contributed by atoms with Crippen LogP contribution in [0.4, 0.5) is 5.69 Å². The van der Waals surface area contributed by atoms with Crippen molar-refractivity contribution in [3.05, 3.63) is 30.2 Å². The van der Waals surface area contributed by atoms with E-state index in [0.29, 0.717) is 0 Å². The molecule has 1 rings (SSSR count). The van der Waals surface area contributed by atoms with E-state index in [-0.39, 0.29) is 0 Å². The Morgan fingerprint density at radius 1 is 1.55 bits per heavy atom. The average Bonchev–Trinajstić information content (AvgIpc) is 2.26. The Kier molecular flexibility index (Phi) is 2.26. The number of rotatable bonds is 2. The van der Waals surface area contributed by atoms with Crippen LogP contribution in [-0.4, -0.2) is 6.21 Å². The molecule has 0 fully saturated rings.